The maximum absolute atomic E-state index is 12.2. The number of nitrogens with one attached hydrogen (secondary N) is 2. The number of nitrogens with two attached hydrogens (primary N) is 1. The van der Waals surface area contributed by atoms with Crippen LogP contribution in [0.5, 0.6) is 0 Å². The first-order valence-corrected chi connectivity index (χ1v) is 6.63. The molecule has 7 nitrogen and oxygen atoms in total. The summed E-state index contributed by atoms with van der Waals surface area (Å²) in [5.74, 6) is -2.58. The molecule has 1 heterocycles. The van der Waals surface area contributed by atoms with Crippen LogP contribution >= 0.6 is 0 Å². The molecule has 2 amide bonds. The predicted molar refractivity (Wildman–Crippen MR) is 75.7 cm³/mol. The third-order valence-electron chi connectivity index (χ3n) is 3.44. The third-order valence-corrected chi connectivity index (χ3v) is 3.44. The van der Waals surface area contributed by atoms with E-state index in [1.54, 1.807) is 0 Å². The molecule has 0 aliphatic carbocycles. The van der Waals surface area contributed by atoms with Crippen molar-refractivity contribution in [1.82, 2.24) is 5.32 Å². The molecule has 0 aromatic heterocycles. The van der Waals surface area contributed by atoms with Crippen molar-refractivity contribution < 1.29 is 19.5 Å². The molecule has 0 saturated heterocycles. The monoisotopic (exact) mass is 291 g/mol. The summed E-state index contributed by atoms with van der Waals surface area (Å²) in [6.07, 6.45) is -0.102. The second-order valence-corrected chi connectivity index (χ2v) is 4.93. The Labute approximate surface area is 121 Å². The summed E-state index contributed by atoms with van der Waals surface area (Å²) >= 11 is 0. The molecule has 0 saturated carbocycles. The van der Waals surface area contributed by atoms with Gasteiger partial charge in [0.05, 0.1) is 5.92 Å². The lowest BCUT2D eigenvalue weighted by Crippen LogP contribution is -2.43. The summed E-state index contributed by atoms with van der Waals surface area (Å²) in [6, 6.07) is 6.27. The number of carboxylic acids is 1. The molecule has 0 spiro atoms. The molecular weight excluding hydrogens is 274 g/mol. The lowest BCUT2D eigenvalue weighted by atomic mass is 9.99. The van der Waals surface area contributed by atoms with Crippen molar-refractivity contribution in [2.75, 3.05) is 11.9 Å². The van der Waals surface area contributed by atoms with Gasteiger partial charge in [-0.05, 0) is 18.1 Å². The van der Waals surface area contributed by atoms with E-state index in [9.17, 15) is 14.4 Å². The highest BCUT2D eigenvalue weighted by molar-refractivity contribution is 5.91. The number of carboxylic acid groups (broad SMARTS) is 1. The summed E-state index contributed by atoms with van der Waals surface area (Å²) in [4.78, 5) is 34.1. The molecule has 1 aliphatic rings. The van der Waals surface area contributed by atoms with Crippen LogP contribution in [0.2, 0.25) is 0 Å². The Kier molecular flexibility index (Phi) is 4.42. The first-order valence-electron chi connectivity index (χ1n) is 6.63. The maximum atomic E-state index is 12.2. The van der Waals surface area contributed by atoms with Gasteiger partial charge in [-0.3, -0.25) is 9.59 Å². The van der Waals surface area contributed by atoms with Crippen LogP contribution in [0.15, 0.2) is 24.3 Å². The smallest absolute Gasteiger partial charge is 0.326 e. The van der Waals surface area contributed by atoms with Crippen molar-refractivity contribution in [3.05, 3.63) is 29.8 Å². The number of carbonyl (C=O) groups is 3. The van der Waals surface area contributed by atoms with Gasteiger partial charge in [0.25, 0.3) is 0 Å². The van der Waals surface area contributed by atoms with Gasteiger partial charge in [0.15, 0.2) is 0 Å². The van der Waals surface area contributed by atoms with E-state index in [2.05, 4.69) is 10.6 Å². The van der Waals surface area contributed by atoms with Crippen LogP contribution in [0.25, 0.3) is 0 Å². The molecule has 7 heteroatoms. The number of para-hydroxylation sites is 1. The quantitative estimate of drug-likeness (QED) is 0.589. The summed E-state index contributed by atoms with van der Waals surface area (Å²) in [5, 5.41) is 14.7. The normalized spacial score (nSPS) is 17.4. The maximum Gasteiger partial charge on any atom is 0.326 e. The minimum atomic E-state index is -1.18. The zero-order valence-electron chi connectivity index (χ0n) is 11.3. The van der Waals surface area contributed by atoms with Crippen LogP contribution < -0.4 is 16.4 Å². The lowest BCUT2D eigenvalue weighted by Gasteiger charge is -2.17. The van der Waals surface area contributed by atoms with Crippen molar-refractivity contribution in [3.63, 3.8) is 0 Å². The molecule has 0 bridgehead atoms. The van der Waals surface area contributed by atoms with E-state index in [1.807, 2.05) is 24.3 Å². The number of benzene rings is 1. The van der Waals surface area contributed by atoms with E-state index in [0.717, 1.165) is 11.3 Å². The summed E-state index contributed by atoms with van der Waals surface area (Å²) in [5.41, 5.74) is 6.72. The van der Waals surface area contributed by atoms with Gasteiger partial charge in [-0.15, -0.1) is 0 Å². The number of anilines is 1. The average molecular weight is 291 g/mol. The Hall–Kier alpha value is -2.57. The Morgan fingerprint density at radius 2 is 2.10 bits per heavy atom. The van der Waals surface area contributed by atoms with Gasteiger partial charge in [-0.25, -0.2) is 4.79 Å². The molecule has 112 valence electrons. The molecule has 21 heavy (non-hydrogen) atoms. The summed E-state index contributed by atoms with van der Waals surface area (Å²) in [6.45, 7) is 0.424. The van der Waals surface area contributed by atoms with E-state index in [4.69, 9.17) is 10.8 Å². The van der Waals surface area contributed by atoms with Crippen molar-refractivity contribution in [1.29, 1.82) is 0 Å². The van der Waals surface area contributed by atoms with Crippen LogP contribution in [-0.4, -0.2) is 35.5 Å². The second kappa shape index (κ2) is 6.25. The molecule has 2 atom stereocenters. The van der Waals surface area contributed by atoms with Crippen molar-refractivity contribution in [2.45, 2.75) is 24.8 Å². The summed E-state index contributed by atoms with van der Waals surface area (Å²) in [7, 11) is 0. The fraction of sp³-hybridized carbons (Fsp3) is 0.357. The Balaban J connectivity index is 2.03. The fourth-order valence-electron chi connectivity index (χ4n) is 2.33. The number of primary amides is 1. The second-order valence-electron chi connectivity index (χ2n) is 4.93. The molecule has 2 rings (SSSR count). The average Bonchev–Trinajstić information content (AvgIpc) is 2.86. The molecule has 1 unspecified atom stereocenters. The van der Waals surface area contributed by atoms with Crippen LogP contribution in [-0.2, 0) is 14.4 Å². The zero-order chi connectivity index (χ0) is 15.4. The van der Waals surface area contributed by atoms with Crippen LogP contribution in [0.1, 0.15) is 24.3 Å². The van der Waals surface area contributed by atoms with Crippen molar-refractivity contribution >= 4 is 23.5 Å². The Morgan fingerprint density at radius 1 is 1.38 bits per heavy atom. The number of aliphatic carboxylic acids is 1. The highest BCUT2D eigenvalue weighted by Crippen LogP contribution is 2.31. The van der Waals surface area contributed by atoms with Gasteiger partial charge in [0, 0.05) is 18.7 Å². The number of amides is 2. The Bertz CT molecular complexity index is 573. The standard InChI is InChI=1S/C14H17N3O4/c15-12(18)6-5-11(14(20)21)17-13(19)9-7-16-10-4-2-1-3-8(9)10/h1-4,9,11,16H,5-7H2,(H2,15,18)(H,17,19)(H,20,21)/t9?,11-/m0/s1. The van der Waals surface area contributed by atoms with Gasteiger partial charge in [0.2, 0.25) is 11.8 Å². The number of fused-ring (bicyclic) bond motifs is 1. The predicted octanol–water partition coefficient (Wildman–Crippen LogP) is 0.0306. The van der Waals surface area contributed by atoms with Gasteiger partial charge in [-0.1, -0.05) is 18.2 Å². The minimum absolute atomic E-state index is 0.0157. The number of rotatable bonds is 6. The molecule has 1 aromatic carbocycles. The van der Waals surface area contributed by atoms with Crippen molar-refractivity contribution in [2.24, 2.45) is 5.73 Å². The molecular formula is C14H17N3O4. The lowest BCUT2D eigenvalue weighted by molar-refractivity contribution is -0.142. The van der Waals surface area contributed by atoms with Crippen LogP contribution in [0, 0.1) is 0 Å². The first-order chi connectivity index (χ1) is 9.99. The zero-order valence-corrected chi connectivity index (χ0v) is 11.3. The van der Waals surface area contributed by atoms with Gasteiger partial charge in [-0.2, -0.15) is 0 Å². The van der Waals surface area contributed by atoms with E-state index >= 15 is 0 Å². The van der Waals surface area contributed by atoms with Crippen LogP contribution in [0.3, 0.4) is 0 Å². The van der Waals surface area contributed by atoms with Crippen molar-refractivity contribution in [3.8, 4) is 0 Å². The van der Waals surface area contributed by atoms with E-state index < -0.39 is 23.8 Å². The Morgan fingerprint density at radius 3 is 2.76 bits per heavy atom. The molecule has 0 radical (unpaired) electrons. The first kappa shape index (κ1) is 14.8. The fourth-order valence-corrected chi connectivity index (χ4v) is 2.33. The molecule has 1 aromatic rings. The topological polar surface area (TPSA) is 122 Å². The largest absolute Gasteiger partial charge is 0.480 e. The number of hydrogen-bond acceptors (Lipinski definition) is 4. The van der Waals surface area contributed by atoms with Gasteiger partial charge >= 0.3 is 5.97 Å². The third kappa shape index (κ3) is 3.50. The SMILES string of the molecule is NC(=O)CC[C@H](NC(=O)C1CNc2ccccc21)C(=O)O. The van der Waals surface area contributed by atoms with Gasteiger partial charge in [0.1, 0.15) is 6.04 Å². The van der Waals surface area contributed by atoms with E-state index in [0.29, 0.717) is 6.54 Å². The van der Waals surface area contributed by atoms with Crippen LogP contribution in [0.4, 0.5) is 5.69 Å². The molecule has 1 aliphatic heterocycles. The molecule has 5 N–H and O–H groups in total. The van der Waals surface area contributed by atoms with E-state index in [-0.39, 0.29) is 18.7 Å². The number of carbonyl (C=O) groups excluding carboxylic acids is 2. The van der Waals surface area contributed by atoms with E-state index in [1.165, 1.54) is 0 Å². The van der Waals surface area contributed by atoms with Gasteiger partial charge < -0.3 is 21.5 Å². The highest BCUT2D eigenvalue weighted by atomic mass is 16.4. The number of hydrogen-bond donors (Lipinski definition) is 4. The highest BCUT2D eigenvalue weighted by Gasteiger charge is 2.31. The molecule has 0 fully saturated rings. The summed E-state index contributed by atoms with van der Waals surface area (Å²) < 4.78 is 0. The minimum Gasteiger partial charge on any atom is -0.480 e.